The van der Waals surface area contributed by atoms with Crippen LogP contribution in [0.15, 0.2) is 66.4 Å². The lowest BCUT2D eigenvalue weighted by Crippen LogP contribution is -2.38. The van der Waals surface area contributed by atoms with Crippen molar-refractivity contribution < 1.29 is 51.4 Å². The van der Waals surface area contributed by atoms with Crippen LogP contribution >= 0.6 is 0 Å². The zero-order valence-electron chi connectivity index (χ0n) is 37.9. The zero-order valence-corrected chi connectivity index (χ0v) is 37.9. The highest BCUT2D eigenvalue weighted by Crippen LogP contribution is 2.38. The molecule has 19 heteroatoms. The first-order chi connectivity index (χ1) is 32.3. The van der Waals surface area contributed by atoms with Gasteiger partial charge in [0.25, 0.3) is 17.7 Å². The second kappa shape index (κ2) is 23.9. The predicted molar refractivity (Wildman–Crippen MR) is 245 cm³/mol. The molecule has 0 saturated carbocycles. The molecule has 1 aliphatic heterocycles. The molecule has 2 atom stereocenters. The Morgan fingerprint density at radius 3 is 2.28 bits per heavy atom. The van der Waals surface area contributed by atoms with Crippen molar-refractivity contribution in [3.8, 4) is 0 Å². The van der Waals surface area contributed by atoms with Gasteiger partial charge in [-0.25, -0.2) is 0 Å². The molecule has 1 aliphatic carbocycles. The Morgan fingerprint density at radius 2 is 1.58 bits per heavy atom. The summed E-state index contributed by atoms with van der Waals surface area (Å²) in [5, 5.41) is 17.2. The first kappa shape index (κ1) is 50.1. The molecule has 4 N–H and O–H groups in total. The van der Waals surface area contributed by atoms with E-state index in [1.54, 1.807) is 61.1 Å². The normalized spacial score (nSPS) is 15.2. The van der Waals surface area contributed by atoms with Crippen LogP contribution < -0.4 is 21.3 Å². The van der Waals surface area contributed by atoms with Gasteiger partial charge in [-0.3, -0.25) is 43.7 Å². The van der Waals surface area contributed by atoms with Crippen LogP contribution in [0.2, 0.25) is 0 Å². The second-order valence-electron chi connectivity index (χ2n) is 16.7. The van der Waals surface area contributed by atoms with E-state index in [9.17, 15) is 41.9 Å². The fourth-order valence-corrected chi connectivity index (χ4v) is 8.40. The summed E-state index contributed by atoms with van der Waals surface area (Å²) in [5.74, 6) is -1.55. The van der Waals surface area contributed by atoms with Crippen molar-refractivity contribution in [1.29, 1.82) is 0 Å². The summed E-state index contributed by atoms with van der Waals surface area (Å²) < 4.78 is 54.3. The molecule has 6 rings (SSSR count). The molecule has 2 aromatic heterocycles. The number of nitrogens with zero attached hydrogens (tertiary/aromatic N) is 4. The summed E-state index contributed by atoms with van der Waals surface area (Å²) in [5.41, 5.74) is 2.47. The minimum atomic E-state index is -4.40. The molecular formula is C48H59F3N8O8. The molecule has 360 valence electrons. The molecule has 0 bridgehead atoms. The lowest BCUT2D eigenvalue weighted by atomic mass is 10.0. The highest BCUT2D eigenvalue weighted by atomic mass is 19.4. The summed E-state index contributed by atoms with van der Waals surface area (Å²) in [7, 11) is 1.77. The predicted octanol–water partition coefficient (Wildman–Crippen LogP) is 6.67. The van der Waals surface area contributed by atoms with Crippen molar-refractivity contribution in [3.63, 3.8) is 0 Å². The van der Waals surface area contributed by atoms with E-state index in [1.807, 2.05) is 10.8 Å². The first-order valence-electron chi connectivity index (χ1n) is 22.9. The molecule has 6 amide bonds. The lowest BCUT2D eigenvalue weighted by Gasteiger charge is -2.22. The molecular weight excluding hydrogens is 874 g/mol. The number of fused-ring (bicyclic) bond motifs is 4. The molecule has 2 aliphatic rings. The van der Waals surface area contributed by atoms with Gasteiger partial charge >= 0.3 is 6.18 Å². The number of amides is 6. The minimum absolute atomic E-state index is 0.0161. The quantitative estimate of drug-likeness (QED) is 0.0285. The van der Waals surface area contributed by atoms with Gasteiger partial charge in [-0.15, -0.1) is 0 Å². The van der Waals surface area contributed by atoms with Crippen molar-refractivity contribution in [3.05, 3.63) is 83.1 Å². The maximum Gasteiger partial charge on any atom is 0.416 e. The SMILES string of the molecule is CC(CCC(=O)NC=O)N1C(=O)c2cccc(NCCCCCCCCCC(=O)NCCOCCOCCNC(=O)c3ccc4c(c3)c3cn(C)nc3n4C3C=CC(C(F)(F)F)=CC3)c2C1=O. The van der Waals surface area contributed by atoms with Crippen molar-refractivity contribution in [2.75, 3.05) is 51.4 Å². The van der Waals surface area contributed by atoms with E-state index in [-0.39, 0.29) is 56.2 Å². The number of carbonyl (C=O) groups is 6. The Bertz CT molecular complexity index is 2480. The highest BCUT2D eigenvalue weighted by molar-refractivity contribution is 6.24. The topological polar surface area (TPSA) is 195 Å². The highest BCUT2D eigenvalue weighted by Gasteiger charge is 2.40. The van der Waals surface area contributed by atoms with Gasteiger partial charge in [-0.2, -0.15) is 18.3 Å². The van der Waals surface area contributed by atoms with Crippen molar-refractivity contribution in [2.24, 2.45) is 7.05 Å². The van der Waals surface area contributed by atoms with E-state index < -0.39 is 29.6 Å². The van der Waals surface area contributed by atoms with Gasteiger partial charge in [-0.1, -0.05) is 56.4 Å². The number of hydrogen-bond donors (Lipinski definition) is 4. The average molecular weight is 933 g/mol. The number of imide groups is 2. The smallest absolute Gasteiger partial charge is 0.384 e. The van der Waals surface area contributed by atoms with Gasteiger partial charge in [0, 0.05) is 73.8 Å². The summed E-state index contributed by atoms with van der Waals surface area (Å²) in [6.45, 7) is 4.30. The van der Waals surface area contributed by atoms with Crippen LogP contribution in [0.3, 0.4) is 0 Å². The van der Waals surface area contributed by atoms with E-state index in [2.05, 4.69) is 26.4 Å². The van der Waals surface area contributed by atoms with Crippen molar-refractivity contribution >= 4 is 63.6 Å². The fraction of sp³-hybridized carbons (Fsp3) is 0.479. The van der Waals surface area contributed by atoms with E-state index in [4.69, 9.17) is 9.47 Å². The van der Waals surface area contributed by atoms with Gasteiger partial charge in [0.1, 0.15) is 0 Å². The van der Waals surface area contributed by atoms with Crippen LogP contribution in [-0.4, -0.2) is 113 Å². The Labute approximate surface area is 386 Å². The molecule has 2 aromatic carbocycles. The third-order valence-electron chi connectivity index (χ3n) is 11.8. The van der Waals surface area contributed by atoms with E-state index in [0.29, 0.717) is 73.8 Å². The number of nitrogens with one attached hydrogen (secondary N) is 4. The maximum atomic E-state index is 13.2. The summed E-state index contributed by atoms with van der Waals surface area (Å²) in [4.78, 5) is 74.9. The third-order valence-corrected chi connectivity index (χ3v) is 11.8. The Hall–Kier alpha value is -6.34. The van der Waals surface area contributed by atoms with Gasteiger partial charge in [0.15, 0.2) is 5.65 Å². The summed E-state index contributed by atoms with van der Waals surface area (Å²) >= 11 is 0. The molecule has 0 spiro atoms. The molecule has 4 aromatic rings. The van der Waals surface area contributed by atoms with Gasteiger partial charge in [0.2, 0.25) is 18.2 Å². The number of benzene rings is 2. The fourth-order valence-electron chi connectivity index (χ4n) is 8.40. The van der Waals surface area contributed by atoms with Crippen molar-refractivity contribution in [2.45, 2.75) is 95.8 Å². The number of carbonyl (C=O) groups excluding carboxylic acids is 6. The zero-order chi connectivity index (χ0) is 47.9. The number of allylic oxidation sites excluding steroid dienone is 4. The van der Waals surface area contributed by atoms with Crippen LogP contribution in [0.4, 0.5) is 18.9 Å². The summed E-state index contributed by atoms with van der Waals surface area (Å²) in [6, 6.07) is 9.56. The van der Waals surface area contributed by atoms with Gasteiger partial charge in [0.05, 0.1) is 54.7 Å². The number of aromatic nitrogens is 3. The summed E-state index contributed by atoms with van der Waals surface area (Å²) in [6.07, 6.45) is 9.22. The number of aryl methyl sites for hydroxylation is 1. The number of ether oxygens (including phenoxy) is 2. The number of unbranched alkanes of at least 4 members (excludes halogenated alkanes) is 6. The van der Waals surface area contributed by atoms with Gasteiger partial charge in [-0.05, 0) is 62.9 Å². The molecule has 0 saturated heterocycles. The number of alkyl halides is 3. The molecule has 16 nitrogen and oxygen atoms in total. The lowest BCUT2D eigenvalue weighted by molar-refractivity contribution is -0.125. The number of hydrogen-bond acceptors (Lipinski definition) is 10. The molecule has 67 heavy (non-hydrogen) atoms. The average Bonchev–Trinajstić information content (AvgIpc) is 3.92. The van der Waals surface area contributed by atoms with Crippen LogP contribution in [-0.2, 0) is 30.9 Å². The molecule has 3 heterocycles. The largest absolute Gasteiger partial charge is 0.416 e. The molecule has 2 unspecified atom stereocenters. The monoisotopic (exact) mass is 932 g/mol. The Balaban J connectivity index is 0.759. The standard InChI is InChI=1S/C48H59F3N8O8/c1-32(14-21-42(62)55-31-60)58-46(64)36-11-10-12-39(43(36)47(58)65)52-22-9-7-5-3-4-6-8-13-41(61)53-23-25-66-27-28-67-26-24-54-45(63)33-15-20-40-37(29-33)38-30-57(2)56-44(38)59(40)35-18-16-34(17-19-35)48(49,50)51/h10-12,15-18,20,29-32,35,52H,3-9,13-14,19,21-28H2,1-2H3,(H,53,61)(H,54,63)(H,55,60,62). The third kappa shape index (κ3) is 13.2. The number of rotatable bonds is 27. The van der Waals surface area contributed by atoms with E-state index in [1.165, 1.54) is 11.0 Å². The first-order valence-corrected chi connectivity index (χ1v) is 22.9. The van der Waals surface area contributed by atoms with Crippen molar-refractivity contribution in [1.82, 2.24) is 35.2 Å². The Morgan fingerprint density at radius 1 is 0.866 bits per heavy atom. The number of anilines is 1. The van der Waals surface area contributed by atoms with E-state index in [0.717, 1.165) is 67.3 Å². The molecule has 0 fully saturated rings. The second-order valence-corrected chi connectivity index (χ2v) is 16.7. The van der Waals surface area contributed by atoms with E-state index >= 15 is 0 Å². The van der Waals surface area contributed by atoms with Crippen LogP contribution in [0.5, 0.6) is 0 Å². The minimum Gasteiger partial charge on any atom is -0.384 e. The van der Waals surface area contributed by atoms with Crippen LogP contribution in [0.1, 0.15) is 115 Å². The maximum absolute atomic E-state index is 13.2. The van der Waals surface area contributed by atoms with Crippen LogP contribution in [0.25, 0.3) is 21.9 Å². The van der Waals surface area contributed by atoms with Crippen LogP contribution in [0, 0.1) is 0 Å². The molecule has 0 radical (unpaired) electrons. The Kier molecular flexibility index (Phi) is 17.9. The van der Waals surface area contributed by atoms with Gasteiger partial charge < -0.3 is 30.0 Å². The number of halogens is 3.